The van der Waals surface area contributed by atoms with Gasteiger partial charge in [0, 0.05) is 14.2 Å². The Morgan fingerprint density at radius 2 is 2.07 bits per heavy atom. The lowest BCUT2D eigenvalue weighted by Gasteiger charge is -2.31. The standard InChI is InChI=1S/C9H19N3O3/c1-6(7(10)11-14)12(4)8(13)9(2,3)15-5/h6,14H,1-5H3,(H2,10,11). The molecule has 3 N–H and O–H groups in total. The average molecular weight is 217 g/mol. The van der Waals surface area contributed by atoms with E-state index >= 15 is 0 Å². The molecule has 1 amide bonds. The Kier molecular flexibility index (Phi) is 4.54. The number of methoxy groups -OCH3 is 1. The van der Waals surface area contributed by atoms with E-state index in [-0.39, 0.29) is 11.7 Å². The summed E-state index contributed by atoms with van der Waals surface area (Å²) in [6.45, 7) is 4.98. The highest BCUT2D eigenvalue weighted by atomic mass is 16.5. The molecule has 1 unspecified atom stereocenters. The lowest BCUT2D eigenvalue weighted by molar-refractivity contribution is -0.150. The number of ether oxygens (including phenoxy) is 1. The second kappa shape index (κ2) is 4.97. The van der Waals surface area contributed by atoms with Crippen molar-refractivity contribution in [3.8, 4) is 0 Å². The summed E-state index contributed by atoms with van der Waals surface area (Å²) in [4.78, 5) is 13.2. The van der Waals surface area contributed by atoms with Crippen molar-refractivity contribution in [1.29, 1.82) is 0 Å². The van der Waals surface area contributed by atoms with Gasteiger partial charge in [0.25, 0.3) is 5.91 Å². The molecular weight excluding hydrogens is 198 g/mol. The number of hydrogen-bond donors (Lipinski definition) is 2. The van der Waals surface area contributed by atoms with Gasteiger partial charge in [0.05, 0.1) is 6.04 Å². The molecule has 0 bridgehead atoms. The van der Waals surface area contributed by atoms with Crippen molar-refractivity contribution in [2.24, 2.45) is 10.9 Å². The molecule has 1 atom stereocenters. The average Bonchev–Trinajstić information content (AvgIpc) is 2.24. The molecular formula is C9H19N3O3. The van der Waals surface area contributed by atoms with Crippen LogP contribution in [0.2, 0.25) is 0 Å². The molecule has 15 heavy (non-hydrogen) atoms. The Labute approximate surface area is 89.7 Å². The van der Waals surface area contributed by atoms with Gasteiger partial charge in [-0.05, 0) is 20.8 Å². The van der Waals surface area contributed by atoms with Crippen LogP contribution in [0.15, 0.2) is 5.16 Å². The predicted octanol–water partition coefficient (Wildman–Crippen LogP) is 0.00470. The number of carbonyl (C=O) groups excluding carboxylic acids is 1. The molecule has 6 nitrogen and oxygen atoms in total. The number of nitrogens with zero attached hydrogens (tertiary/aromatic N) is 2. The first-order chi connectivity index (χ1) is 6.77. The van der Waals surface area contributed by atoms with Crippen LogP contribution in [0, 0.1) is 0 Å². The highest BCUT2D eigenvalue weighted by molar-refractivity contribution is 5.92. The number of likely N-dealkylation sites (N-methyl/N-ethyl adjacent to an activating group) is 1. The molecule has 0 rings (SSSR count). The number of amides is 1. The summed E-state index contributed by atoms with van der Waals surface area (Å²) >= 11 is 0. The molecule has 0 aromatic carbocycles. The van der Waals surface area contributed by atoms with Gasteiger partial charge in [0.15, 0.2) is 5.84 Å². The summed E-state index contributed by atoms with van der Waals surface area (Å²) in [6, 6.07) is -0.475. The van der Waals surface area contributed by atoms with Crippen molar-refractivity contribution in [2.45, 2.75) is 32.4 Å². The van der Waals surface area contributed by atoms with Gasteiger partial charge in [0.1, 0.15) is 5.60 Å². The van der Waals surface area contributed by atoms with Crippen LogP contribution in [-0.2, 0) is 9.53 Å². The lowest BCUT2D eigenvalue weighted by Crippen LogP contribution is -2.51. The third-order valence-electron chi connectivity index (χ3n) is 2.47. The molecule has 0 heterocycles. The highest BCUT2D eigenvalue weighted by Crippen LogP contribution is 2.13. The van der Waals surface area contributed by atoms with Crippen LogP contribution in [-0.4, -0.2) is 47.7 Å². The van der Waals surface area contributed by atoms with Crippen molar-refractivity contribution < 1.29 is 14.7 Å². The molecule has 0 saturated carbocycles. The zero-order chi connectivity index (χ0) is 12.2. The Morgan fingerprint density at radius 3 is 2.40 bits per heavy atom. The fourth-order valence-corrected chi connectivity index (χ4v) is 0.970. The summed E-state index contributed by atoms with van der Waals surface area (Å²) in [5.74, 6) is -0.248. The second-order valence-electron chi connectivity index (χ2n) is 3.83. The molecule has 0 aromatic heterocycles. The monoisotopic (exact) mass is 217 g/mol. The third kappa shape index (κ3) is 3.09. The smallest absolute Gasteiger partial charge is 0.254 e. The molecule has 0 fully saturated rings. The van der Waals surface area contributed by atoms with Gasteiger partial charge in [-0.1, -0.05) is 5.16 Å². The van der Waals surface area contributed by atoms with E-state index in [2.05, 4.69) is 5.16 Å². The Morgan fingerprint density at radius 1 is 1.60 bits per heavy atom. The van der Waals surface area contributed by atoms with E-state index in [0.717, 1.165) is 0 Å². The summed E-state index contributed by atoms with van der Waals surface area (Å²) in [5, 5.41) is 11.3. The van der Waals surface area contributed by atoms with Gasteiger partial charge in [-0.2, -0.15) is 0 Å². The topological polar surface area (TPSA) is 88.2 Å². The summed E-state index contributed by atoms with van der Waals surface area (Å²) in [5.41, 5.74) is 4.49. The molecule has 0 aromatic rings. The van der Waals surface area contributed by atoms with E-state index in [0.29, 0.717) is 0 Å². The second-order valence-corrected chi connectivity index (χ2v) is 3.83. The van der Waals surface area contributed by atoms with Crippen LogP contribution in [0.3, 0.4) is 0 Å². The minimum absolute atomic E-state index is 0.0160. The quantitative estimate of drug-likeness (QED) is 0.300. The maximum absolute atomic E-state index is 11.9. The number of amidine groups is 1. The molecule has 0 aliphatic carbocycles. The maximum Gasteiger partial charge on any atom is 0.254 e. The molecule has 0 aliphatic rings. The van der Waals surface area contributed by atoms with Crippen molar-refractivity contribution >= 4 is 11.7 Å². The maximum atomic E-state index is 11.9. The molecule has 0 radical (unpaired) electrons. The van der Waals surface area contributed by atoms with Gasteiger partial charge in [0.2, 0.25) is 0 Å². The first-order valence-electron chi connectivity index (χ1n) is 4.57. The van der Waals surface area contributed by atoms with Crippen LogP contribution in [0.4, 0.5) is 0 Å². The Bertz CT molecular complexity index is 263. The van der Waals surface area contributed by atoms with E-state index < -0.39 is 11.6 Å². The van der Waals surface area contributed by atoms with Crippen LogP contribution in [0.25, 0.3) is 0 Å². The fourth-order valence-electron chi connectivity index (χ4n) is 0.970. The molecule has 0 spiro atoms. The fraction of sp³-hybridized carbons (Fsp3) is 0.778. The van der Waals surface area contributed by atoms with E-state index in [9.17, 15) is 4.79 Å². The van der Waals surface area contributed by atoms with Crippen molar-refractivity contribution in [3.63, 3.8) is 0 Å². The SMILES string of the molecule is COC(C)(C)C(=O)N(C)C(C)C(N)=NO. The normalized spacial score (nSPS) is 14.9. The zero-order valence-corrected chi connectivity index (χ0v) is 9.81. The van der Waals surface area contributed by atoms with E-state index in [1.54, 1.807) is 27.8 Å². The van der Waals surface area contributed by atoms with Gasteiger partial charge < -0.3 is 20.6 Å². The number of carbonyl (C=O) groups is 1. The Balaban J connectivity index is 4.73. The van der Waals surface area contributed by atoms with Gasteiger partial charge in [-0.3, -0.25) is 4.79 Å². The van der Waals surface area contributed by atoms with Crippen molar-refractivity contribution in [3.05, 3.63) is 0 Å². The Hall–Kier alpha value is -1.30. The zero-order valence-electron chi connectivity index (χ0n) is 9.81. The van der Waals surface area contributed by atoms with Crippen LogP contribution < -0.4 is 5.73 Å². The summed E-state index contributed by atoms with van der Waals surface area (Å²) < 4.78 is 5.05. The first kappa shape index (κ1) is 13.7. The summed E-state index contributed by atoms with van der Waals surface area (Å²) in [7, 11) is 3.03. The van der Waals surface area contributed by atoms with Crippen molar-refractivity contribution in [2.75, 3.05) is 14.2 Å². The van der Waals surface area contributed by atoms with Gasteiger partial charge in [-0.25, -0.2) is 0 Å². The number of oxime groups is 1. The van der Waals surface area contributed by atoms with Crippen molar-refractivity contribution in [1.82, 2.24) is 4.90 Å². The number of hydrogen-bond acceptors (Lipinski definition) is 4. The number of rotatable bonds is 4. The minimum atomic E-state index is -0.918. The lowest BCUT2D eigenvalue weighted by atomic mass is 10.1. The van der Waals surface area contributed by atoms with E-state index in [4.69, 9.17) is 15.7 Å². The largest absolute Gasteiger partial charge is 0.409 e. The van der Waals surface area contributed by atoms with Crippen LogP contribution >= 0.6 is 0 Å². The highest BCUT2D eigenvalue weighted by Gasteiger charge is 2.33. The molecule has 0 saturated heterocycles. The first-order valence-corrected chi connectivity index (χ1v) is 4.57. The van der Waals surface area contributed by atoms with Gasteiger partial charge >= 0.3 is 0 Å². The van der Waals surface area contributed by atoms with Crippen LogP contribution in [0.5, 0.6) is 0 Å². The molecule has 6 heteroatoms. The van der Waals surface area contributed by atoms with Gasteiger partial charge in [-0.15, -0.1) is 0 Å². The molecule has 88 valence electrons. The van der Waals surface area contributed by atoms with E-state index in [1.807, 2.05) is 0 Å². The van der Waals surface area contributed by atoms with Crippen LogP contribution in [0.1, 0.15) is 20.8 Å². The summed E-state index contributed by atoms with van der Waals surface area (Å²) in [6.07, 6.45) is 0. The minimum Gasteiger partial charge on any atom is -0.409 e. The van der Waals surface area contributed by atoms with E-state index in [1.165, 1.54) is 12.0 Å². The number of nitrogens with two attached hydrogens (primary N) is 1. The molecule has 0 aliphatic heterocycles. The predicted molar refractivity (Wildman–Crippen MR) is 56.7 cm³/mol. The third-order valence-corrected chi connectivity index (χ3v) is 2.47.